The lowest BCUT2D eigenvalue weighted by atomic mass is 10.1. The Hall–Kier alpha value is -0.840. The van der Waals surface area contributed by atoms with E-state index in [9.17, 15) is 5.11 Å². The molecular formula is C11H11ClN2OS. The minimum atomic E-state index is -0.485. The summed E-state index contributed by atoms with van der Waals surface area (Å²) in [5, 5.41) is 12.6. The molecule has 3 nitrogen and oxygen atoms in total. The maximum atomic E-state index is 10.0. The Morgan fingerprint density at radius 1 is 1.56 bits per heavy atom. The number of rotatable bonds is 1. The maximum absolute atomic E-state index is 10.0. The van der Waals surface area contributed by atoms with Crippen molar-refractivity contribution in [1.29, 1.82) is 0 Å². The number of halogens is 1. The topological polar surface area (TPSA) is 38.1 Å². The molecule has 2 aromatic heterocycles. The van der Waals surface area contributed by atoms with E-state index in [1.165, 1.54) is 0 Å². The first kappa shape index (κ1) is 10.3. The fourth-order valence-corrected chi connectivity index (χ4v) is 3.12. The molecule has 3 rings (SSSR count). The molecule has 0 radical (unpaired) electrons. The molecule has 1 unspecified atom stereocenters. The zero-order valence-electron chi connectivity index (χ0n) is 8.56. The number of imidazole rings is 1. The van der Waals surface area contributed by atoms with Crippen molar-refractivity contribution in [2.24, 2.45) is 0 Å². The molecule has 0 saturated heterocycles. The lowest BCUT2D eigenvalue weighted by Gasteiger charge is -2.22. The number of aromatic nitrogens is 2. The van der Waals surface area contributed by atoms with Gasteiger partial charge in [-0.3, -0.25) is 4.57 Å². The largest absolute Gasteiger partial charge is 0.373 e. The Bertz CT molecular complexity index is 506. The third-order valence-electron chi connectivity index (χ3n) is 2.88. The average molecular weight is 255 g/mol. The molecule has 0 spiro atoms. The molecular weight excluding hydrogens is 244 g/mol. The second-order valence-electron chi connectivity index (χ2n) is 3.89. The second kappa shape index (κ2) is 3.87. The minimum absolute atomic E-state index is 0.485. The van der Waals surface area contributed by atoms with Crippen LogP contribution in [0.3, 0.4) is 0 Å². The summed E-state index contributed by atoms with van der Waals surface area (Å²) in [5.74, 6) is 0.794. The van der Waals surface area contributed by atoms with Gasteiger partial charge in [0, 0.05) is 0 Å². The monoisotopic (exact) mass is 254 g/mol. The molecule has 0 amide bonds. The van der Waals surface area contributed by atoms with Gasteiger partial charge in [-0.25, -0.2) is 4.98 Å². The van der Waals surface area contributed by atoms with Gasteiger partial charge in [-0.15, -0.1) is 11.3 Å². The van der Waals surface area contributed by atoms with E-state index in [-0.39, 0.29) is 0 Å². The lowest BCUT2D eigenvalue weighted by molar-refractivity contribution is 0.0807. The normalized spacial score (nSPS) is 19.8. The average Bonchev–Trinajstić information content (AvgIpc) is 2.87. The minimum Gasteiger partial charge on any atom is -0.373 e. The van der Waals surface area contributed by atoms with E-state index >= 15 is 0 Å². The van der Waals surface area contributed by atoms with Crippen molar-refractivity contribution in [2.45, 2.75) is 25.5 Å². The van der Waals surface area contributed by atoms with E-state index in [4.69, 9.17) is 11.6 Å². The molecule has 0 aliphatic carbocycles. The smallest absolute Gasteiger partial charge is 0.154 e. The van der Waals surface area contributed by atoms with Gasteiger partial charge in [-0.2, -0.15) is 0 Å². The first-order valence-electron chi connectivity index (χ1n) is 5.26. The molecule has 5 heteroatoms. The molecule has 0 fully saturated rings. The first-order chi connectivity index (χ1) is 7.77. The van der Waals surface area contributed by atoms with E-state index in [1.54, 1.807) is 11.3 Å². The zero-order chi connectivity index (χ0) is 11.1. The number of hydrogen-bond donors (Lipinski definition) is 1. The quantitative estimate of drug-likeness (QED) is 0.849. The van der Waals surface area contributed by atoms with Crippen LogP contribution in [0, 0.1) is 0 Å². The Morgan fingerprint density at radius 2 is 2.44 bits per heavy atom. The van der Waals surface area contributed by atoms with Crippen LogP contribution < -0.4 is 0 Å². The number of aliphatic hydroxyl groups is 1. The molecule has 2 aromatic rings. The fourth-order valence-electron chi connectivity index (χ4n) is 2.14. The predicted molar refractivity (Wildman–Crippen MR) is 64.7 cm³/mol. The van der Waals surface area contributed by atoms with Crippen LogP contribution in [0.4, 0.5) is 0 Å². The highest BCUT2D eigenvalue weighted by molar-refractivity contribution is 7.13. The Balaban J connectivity index is 2.20. The summed E-state index contributed by atoms with van der Waals surface area (Å²) in [4.78, 5) is 5.41. The molecule has 1 atom stereocenters. The van der Waals surface area contributed by atoms with Gasteiger partial charge >= 0.3 is 0 Å². The molecule has 0 saturated carbocycles. The summed E-state index contributed by atoms with van der Waals surface area (Å²) < 4.78 is 1.87. The van der Waals surface area contributed by atoms with Gasteiger partial charge in [0.05, 0.1) is 10.6 Å². The van der Waals surface area contributed by atoms with Crippen LogP contribution in [0.1, 0.15) is 24.8 Å². The van der Waals surface area contributed by atoms with E-state index in [2.05, 4.69) is 4.98 Å². The summed E-state index contributed by atoms with van der Waals surface area (Å²) in [5.41, 5.74) is 0.962. The van der Waals surface area contributed by atoms with Crippen LogP contribution in [-0.2, 0) is 6.42 Å². The number of thiophene rings is 1. The summed E-state index contributed by atoms with van der Waals surface area (Å²) in [7, 11) is 0. The van der Waals surface area contributed by atoms with Crippen molar-refractivity contribution in [3.63, 3.8) is 0 Å². The number of hydrogen-bond acceptors (Lipinski definition) is 3. The van der Waals surface area contributed by atoms with Crippen molar-refractivity contribution in [2.75, 3.05) is 0 Å². The van der Waals surface area contributed by atoms with E-state index in [0.29, 0.717) is 5.15 Å². The van der Waals surface area contributed by atoms with Gasteiger partial charge in [0.1, 0.15) is 6.23 Å². The zero-order valence-corrected chi connectivity index (χ0v) is 10.1. The van der Waals surface area contributed by atoms with Crippen LogP contribution in [0.25, 0.3) is 10.7 Å². The molecule has 0 aromatic carbocycles. The standard InChI is InChI=1S/C11H11ClN2OS/c12-10-7-3-1-5-9(15)14(7)11(13-10)8-4-2-6-16-8/h2,4,6,9,15H,1,3,5H2. The second-order valence-corrected chi connectivity index (χ2v) is 5.20. The Labute approximate surface area is 102 Å². The van der Waals surface area contributed by atoms with E-state index in [0.717, 1.165) is 35.7 Å². The van der Waals surface area contributed by atoms with Gasteiger partial charge in [-0.1, -0.05) is 17.7 Å². The Morgan fingerprint density at radius 3 is 3.19 bits per heavy atom. The van der Waals surface area contributed by atoms with Crippen molar-refractivity contribution in [3.05, 3.63) is 28.4 Å². The SMILES string of the molecule is OC1CCCc2c(Cl)nc(-c3cccs3)n21. The van der Waals surface area contributed by atoms with Crippen LogP contribution in [0.15, 0.2) is 17.5 Å². The van der Waals surface area contributed by atoms with Crippen LogP contribution in [0.5, 0.6) is 0 Å². The van der Waals surface area contributed by atoms with Crippen LogP contribution in [-0.4, -0.2) is 14.7 Å². The third-order valence-corrected chi connectivity index (χ3v) is 4.05. The van der Waals surface area contributed by atoms with Gasteiger partial charge in [0.2, 0.25) is 0 Å². The number of fused-ring (bicyclic) bond motifs is 1. The summed E-state index contributed by atoms with van der Waals surface area (Å²) >= 11 is 7.72. The Kier molecular flexibility index (Phi) is 2.50. The first-order valence-corrected chi connectivity index (χ1v) is 6.51. The van der Waals surface area contributed by atoms with Crippen LogP contribution in [0.2, 0.25) is 5.15 Å². The molecule has 3 heterocycles. The van der Waals surface area contributed by atoms with Gasteiger partial charge < -0.3 is 5.11 Å². The third kappa shape index (κ3) is 1.49. The van der Waals surface area contributed by atoms with E-state index < -0.39 is 6.23 Å². The van der Waals surface area contributed by atoms with Gasteiger partial charge in [-0.05, 0) is 30.7 Å². The van der Waals surface area contributed by atoms with Crippen molar-refractivity contribution >= 4 is 22.9 Å². The van der Waals surface area contributed by atoms with Crippen molar-refractivity contribution in [1.82, 2.24) is 9.55 Å². The van der Waals surface area contributed by atoms with Crippen molar-refractivity contribution in [3.8, 4) is 10.7 Å². The maximum Gasteiger partial charge on any atom is 0.154 e. The molecule has 0 bridgehead atoms. The molecule has 16 heavy (non-hydrogen) atoms. The molecule has 84 valence electrons. The predicted octanol–water partition coefficient (Wildman–Crippen LogP) is 3.09. The fraction of sp³-hybridized carbons (Fsp3) is 0.364. The van der Waals surface area contributed by atoms with E-state index in [1.807, 2.05) is 22.1 Å². The summed E-state index contributed by atoms with van der Waals surface area (Å²) in [6.07, 6.45) is 2.16. The summed E-state index contributed by atoms with van der Waals surface area (Å²) in [6.45, 7) is 0. The summed E-state index contributed by atoms with van der Waals surface area (Å²) in [6, 6.07) is 3.97. The molecule has 1 N–H and O–H groups in total. The number of aliphatic hydroxyl groups excluding tert-OH is 1. The number of nitrogens with zero attached hydrogens (tertiary/aromatic N) is 2. The van der Waals surface area contributed by atoms with Crippen LogP contribution >= 0.6 is 22.9 Å². The van der Waals surface area contributed by atoms with Gasteiger partial charge in [0.15, 0.2) is 11.0 Å². The van der Waals surface area contributed by atoms with Crippen molar-refractivity contribution < 1.29 is 5.11 Å². The highest BCUT2D eigenvalue weighted by Crippen LogP contribution is 2.35. The molecule has 1 aliphatic heterocycles. The van der Waals surface area contributed by atoms with Gasteiger partial charge in [0.25, 0.3) is 0 Å². The lowest BCUT2D eigenvalue weighted by Crippen LogP contribution is -2.17. The highest BCUT2D eigenvalue weighted by Gasteiger charge is 2.25. The highest BCUT2D eigenvalue weighted by atomic mass is 35.5. The molecule has 1 aliphatic rings.